The molecule has 0 N–H and O–H groups in total. The number of cyclic esters (lactones) is 1. The number of ether oxygens (including phenoxy) is 3. The van der Waals surface area contributed by atoms with E-state index in [1.165, 1.54) is 7.11 Å². The van der Waals surface area contributed by atoms with Gasteiger partial charge in [0, 0.05) is 16.1 Å². The Morgan fingerprint density at radius 3 is 2.50 bits per heavy atom. The molecule has 0 unspecified atom stereocenters. The van der Waals surface area contributed by atoms with Crippen molar-refractivity contribution in [3.63, 3.8) is 0 Å². The minimum Gasteiger partial charge on any atom is -0.493 e. The molecule has 1 heterocycles. The van der Waals surface area contributed by atoms with E-state index in [4.69, 9.17) is 25.8 Å². The average molecular weight is 344 g/mol. The molecule has 0 aromatic heterocycles. The standard InChI is InChI=1S/C18H14ClNO4/c1-22-15-5-3-4-12(16(15)23-2)10-14-18(21)24-17(20-14)11-6-8-13(19)9-7-11/h3-10H,1-2H3. The maximum Gasteiger partial charge on any atom is 0.363 e. The van der Waals surface area contributed by atoms with Crippen LogP contribution in [-0.4, -0.2) is 26.1 Å². The van der Waals surface area contributed by atoms with Crippen LogP contribution in [0.4, 0.5) is 0 Å². The van der Waals surface area contributed by atoms with E-state index in [1.807, 2.05) is 0 Å². The molecule has 1 aliphatic rings. The summed E-state index contributed by atoms with van der Waals surface area (Å²) in [6.07, 6.45) is 1.60. The summed E-state index contributed by atoms with van der Waals surface area (Å²) < 4.78 is 15.8. The predicted molar refractivity (Wildman–Crippen MR) is 91.6 cm³/mol. The number of rotatable bonds is 4. The largest absolute Gasteiger partial charge is 0.493 e. The van der Waals surface area contributed by atoms with Crippen LogP contribution in [0.15, 0.2) is 53.2 Å². The molecule has 3 rings (SSSR count). The van der Waals surface area contributed by atoms with Crippen LogP contribution < -0.4 is 9.47 Å². The maximum absolute atomic E-state index is 12.1. The van der Waals surface area contributed by atoms with Crippen LogP contribution in [0.1, 0.15) is 11.1 Å². The minimum absolute atomic E-state index is 0.187. The van der Waals surface area contributed by atoms with Crippen LogP contribution in [0.3, 0.4) is 0 Å². The van der Waals surface area contributed by atoms with Crippen molar-refractivity contribution >= 4 is 29.5 Å². The Morgan fingerprint density at radius 2 is 1.83 bits per heavy atom. The van der Waals surface area contributed by atoms with E-state index in [9.17, 15) is 4.79 Å². The number of hydrogen-bond acceptors (Lipinski definition) is 5. The molecule has 5 nitrogen and oxygen atoms in total. The van der Waals surface area contributed by atoms with Crippen LogP contribution in [0.2, 0.25) is 5.02 Å². The number of carbonyl (C=O) groups excluding carboxylic acids is 1. The highest BCUT2D eigenvalue weighted by atomic mass is 35.5. The van der Waals surface area contributed by atoms with Gasteiger partial charge in [-0.2, -0.15) is 0 Å². The van der Waals surface area contributed by atoms with Gasteiger partial charge in [0.25, 0.3) is 0 Å². The van der Waals surface area contributed by atoms with Crippen molar-refractivity contribution < 1.29 is 19.0 Å². The Kier molecular flexibility index (Phi) is 4.53. The van der Waals surface area contributed by atoms with Crippen molar-refractivity contribution in [2.24, 2.45) is 4.99 Å². The lowest BCUT2D eigenvalue weighted by molar-refractivity contribution is -0.129. The average Bonchev–Trinajstić information content (AvgIpc) is 2.96. The third kappa shape index (κ3) is 3.12. The summed E-state index contributed by atoms with van der Waals surface area (Å²) in [5, 5.41) is 0.598. The summed E-state index contributed by atoms with van der Waals surface area (Å²) in [5.74, 6) is 0.810. The van der Waals surface area contributed by atoms with E-state index >= 15 is 0 Å². The number of para-hydroxylation sites is 1. The molecular formula is C18H14ClNO4. The van der Waals surface area contributed by atoms with Gasteiger partial charge < -0.3 is 14.2 Å². The number of nitrogens with zero attached hydrogens (tertiary/aromatic N) is 1. The molecule has 122 valence electrons. The van der Waals surface area contributed by atoms with Crippen LogP contribution >= 0.6 is 11.6 Å². The molecule has 0 aliphatic carbocycles. The lowest BCUT2D eigenvalue weighted by atomic mass is 10.1. The van der Waals surface area contributed by atoms with E-state index in [-0.39, 0.29) is 11.6 Å². The fourth-order valence-corrected chi connectivity index (χ4v) is 2.42. The first-order valence-corrected chi connectivity index (χ1v) is 7.49. The third-order valence-corrected chi connectivity index (χ3v) is 3.69. The number of methoxy groups -OCH3 is 2. The van der Waals surface area contributed by atoms with Gasteiger partial charge in [0.05, 0.1) is 14.2 Å². The van der Waals surface area contributed by atoms with Gasteiger partial charge in [0.15, 0.2) is 17.2 Å². The summed E-state index contributed by atoms with van der Waals surface area (Å²) >= 11 is 5.86. The zero-order chi connectivity index (χ0) is 17.1. The first kappa shape index (κ1) is 16.1. The molecule has 0 saturated carbocycles. The second-order valence-corrected chi connectivity index (χ2v) is 5.36. The van der Waals surface area contributed by atoms with E-state index in [0.29, 0.717) is 27.6 Å². The van der Waals surface area contributed by atoms with Crippen molar-refractivity contribution in [1.82, 2.24) is 0 Å². The summed E-state index contributed by atoms with van der Waals surface area (Å²) in [4.78, 5) is 16.3. The molecule has 2 aromatic rings. The molecule has 0 radical (unpaired) electrons. The molecule has 0 amide bonds. The molecular weight excluding hydrogens is 330 g/mol. The minimum atomic E-state index is -0.523. The quantitative estimate of drug-likeness (QED) is 0.627. The number of hydrogen-bond donors (Lipinski definition) is 0. The molecule has 2 aromatic carbocycles. The second kappa shape index (κ2) is 6.76. The van der Waals surface area contributed by atoms with Gasteiger partial charge in [-0.05, 0) is 36.4 Å². The van der Waals surface area contributed by atoms with Crippen molar-refractivity contribution in [3.8, 4) is 11.5 Å². The number of benzene rings is 2. The highest BCUT2D eigenvalue weighted by molar-refractivity contribution is 6.30. The monoisotopic (exact) mass is 343 g/mol. The zero-order valence-electron chi connectivity index (χ0n) is 13.1. The molecule has 0 saturated heterocycles. The van der Waals surface area contributed by atoms with Crippen LogP contribution in [-0.2, 0) is 9.53 Å². The van der Waals surface area contributed by atoms with Crippen molar-refractivity contribution in [2.75, 3.05) is 14.2 Å². The SMILES string of the molecule is COc1cccc(C=C2N=C(c3ccc(Cl)cc3)OC2=O)c1OC. The van der Waals surface area contributed by atoms with Crippen LogP contribution in [0.25, 0.3) is 6.08 Å². The van der Waals surface area contributed by atoms with Crippen molar-refractivity contribution in [3.05, 3.63) is 64.3 Å². The normalized spacial score (nSPS) is 15.2. The third-order valence-electron chi connectivity index (χ3n) is 3.44. The van der Waals surface area contributed by atoms with Crippen molar-refractivity contribution in [2.45, 2.75) is 0 Å². The first-order valence-electron chi connectivity index (χ1n) is 7.12. The van der Waals surface area contributed by atoms with E-state index in [2.05, 4.69) is 4.99 Å². The van der Waals surface area contributed by atoms with Gasteiger partial charge >= 0.3 is 5.97 Å². The predicted octanol–water partition coefficient (Wildman–Crippen LogP) is 3.70. The van der Waals surface area contributed by atoms with Crippen LogP contribution in [0.5, 0.6) is 11.5 Å². The smallest absolute Gasteiger partial charge is 0.363 e. The van der Waals surface area contributed by atoms with E-state index in [0.717, 1.165) is 0 Å². The van der Waals surface area contributed by atoms with Gasteiger partial charge in [-0.3, -0.25) is 0 Å². The summed E-state index contributed by atoms with van der Waals surface area (Å²) in [5.41, 5.74) is 1.53. The Balaban J connectivity index is 1.99. The lowest BCUT2D eigenvalue weighted by Gasteiger charge is -2.09. The fourth-order valence-electron chi connectivity index (χ4n) is 2.30. The molecule has 6 heteroatoms. The van der Waals surface area contributed by atoms with Crippen LogP contribution in [0, 0.1) is 0 Å². The Morgan fingerprint density at radius 1 is 1.08 bits per heavy atom. The summed E-state index contributed by atoms with van der Waals surface area (Å²) in [6, 6.07) is 12.3. The van der Waals surface area contributed by atoms with Gasteiger partial charge in [-0.1, -0.05) is 23.7 Å². The maximum atomic E-state index is 12.1. The topological polar surface area (TPSA) is 57.1 Å². The Hall–Kier alpha value is -2.79. The highest BCUT2D eigenvalue weighted by Gasteiger charge is 2.24. The lowest BCUT2D eigenvalue weighted by Crippen LogP contribution is -2.05. The molecule has 0 atom stereocenters. The highest BCUT2D eigenvalue weighted by Crippen LogP contribution is 2.33. The molecule has 24 heavy (non-hydrogen) atoms. The Labute approximate surface area is 144 Å². The molecule has 0 bridgehead atoms. The molecule has 1 aliphatic heterocycles. The molecule has 0 fully saturated rings. The van der Waals surface area contributed by atoms with Gasteiger partial charge in [-0.25, -0.2) is 9.79 Å². The van der Waals surface area contributed by atoms with Crippen molar-refractivity contribution in [1.29, 1.82) is 0 Å². The van der Waals surface area contributed by atoms with Gasteiger partial charge in [-0.15, -0.1) is 0 Å². The van der Waals surface area contributed by atoms with E-state index < -0.39 is 5.97 Å². The first-order chi connectivity index (χ1) is 11.6. The summed E-state index contributed by atoms with van der Waals surface area (Å²) in [7, 11) is 3.09. The number of esters is 1. The zero-order valence-corrected chi connectivity index (χ0v) is 13.8. The van der Waals surface area contributed by atoms with Gasteiger partial charge in [0.1, 0.15) is 0 Å². The Bertz CT molecular complexity index is 841. The number of halogens is 1. The fraction of sp³-hybridized carbons (Fsp3) is 0.111. The summed E-state index contributed by atoms with van der Waals surface area (Å²) in [6.45, 7) is 0. The van der Waals surface area contributed by atoms with E-state index in [1.54, 1.807) is 55.7 Å². The molecule has 0 spiro atoms. The second-order valence-electron chi connectivity index (χ2n) is 4.93. The number of carbonyl (C=O) groups is 1. The number of aliphatic imine (C=N–C) groups is 1. The van der Waals surface area contributed by atoms with Gasteiger partial charge in [0.2, 0.25) is 5.90 Å².